The van der Waals surface area contributed by atoms with Crippen LogP contribution in [0.1, 0.15) is 60.7 Å². The Hall–Kier alpha value is -2.35. The molecule has 0 saturated carbocycles. The number of carbonyl (C=O) groups excluding carboxylic acids is 1. The Morgan fingerprint density at radius 1 is 1.11 bits per heavy atom. The van der Waals surface area contributed by atoms with E-state index in [2.05, 4.69) is 36.6 Å². The van der Waals surface area contributed by atoms with E-state index < -0.39 is 0 Å². The van der Waals surface area contributed by atoms with Crippen molar-refractivity contribution in [2.45, 2.75) is 51.6 Å². The lowest BCUT2D eigenvalue weighted by atomic mass is 9.95. The largest absolute Gasteiger partial charge is 0.337 e. The molecule has 0 aliphatic carbocycles. The average Bonchev–Trinajstić information content (AvgIpc) is 3.38. The molecule has 2 aromatic rings. The summed E-state index contributed by atoms with van der Waals surface area (Å²) < 4.78 is 2.28. The number of rotatable bonds is 5. The van der Waals surface area contributed by atoms with Gasteiger partial charge in [-0.3, -0.25) is 14.7 Å². The molecule has 0 aromatic carbocycles. The van der Waals surface area contributed by atoms with Crippen molar-refractivity contribution in [3.63, 3.8) is 0 Å². The molecule has 2 fully saturated rings. The second-order valence-corrected chi connectivity index (χ2v) is 7.36. The molecule has 0 atom stereocenters. The van der Waals surface area contributed by atoms with Crippen LogP contribution >= 0.6 is 0 Å². The van der Waals surface area contributed by atoms with E-state index in [9.17, 15) is 4.79 Å². The third kappa shape index (κ3) is 3.85. The van der Waals surface area contributed by atoms with E-state index in [1.807, 2.05) is 4.90 Å². The van der Waals surface area contributed by atoms with Crippen LogP contribution in [-0.2, 0) is 13.1 Å². The normalized spacial score (nSPS) is 18.9. The average molecular weight is 369 g/mol. The van der Waals surface area contributed by atoms with Gasteiger partial charge in [-0.1, -0.05) is 0 Å². The molecular weight excluding hydrogens is 342 g/mol. The van der Waals surface area contributed by atoms with Crippen LogP contribution in [-0.4, -0.2) is 66.6 Å². The Morgan fingerprint density at radius 3 is 2.56 bits per heavy atom. The third-order valence-corrected chi connectivity index (χ3v) is 5.67. The predicted octanol–water partition coefficient (Wildman–Crippen LogP) is 1.70. The van der Waals surface area contributed by atoms with Crippen LogP contribution in [0.4, 0.5) is 0 Å². The molecule has 2 saturated heterocycles. The number of likely N-dealkylation sites (tertiary alicyclic amines) is 2. The van der Waals surface area contributed by atoms with E-state index in [0.717, 1.165) is 63.8 Å². The number of nitrogens with zero attached hydrogens (tertiary/aromatic N) is 7. The Morgan fingerprint density at radius 2 is 1.89 bits per heavy atom. The molecule has 0 unspecified atom stereocenters. The van der Waals surface area contributed by atoms with Crippen LogP contribution in [0, 0.1) is 0 Å². The van der Waals surface area contributed by atoms with Crippen molar-refractivity contribution < 1.29 is 4.79 Å². The SMILES string of the molecule is CCn1c(CN2CCCC2)nnc1C1CCN(C(=O)c2cnccn2)CC1. The standard InChI is InChI=1S/C19H27N7O/c1-2-26-17(14-24-9-3-4-10-24)22-23-18(26)15-5-11-25(12-6-15)19(27)16-13-20-7-8-21-16/h7-8,13,15H,2-6,9-12,14H2,1H3. The first kappa shape index (κ1) is 18.0. The molecule has 8 heteroatoms. The molecule has 0 spiro atoms. The van der Waals surface area contributed by atoms with Gasteiger partial charge in [-0.2, -0.15) is 0 Å². The second kappa shape index (κ2) is 8.12. The molecule has 144 valence electrons. The minimum Gasteiger partial charge on any atom is -0.337 e. The molecule has 4 rings (SSSR count). The summed E-state index contributed by atoms with van der Waals surface area (Å²) in [5.74, 6) is 2.48. The van der Waals surface area contributed by atoms with E-state index in [4.69, 9.17) is 0 Å². The summed E-state index contributed by atoms with van der Waals surface area (Å²) in [6.07, 6.45) is 9.07. The zero-order chi connectivity index (χ0) is 18.6. The van der Waals surface area contributed by atoms with E-state index >= 15 is 0 Å². The van der Waals surface area contributed by atoms with Crippen molar-refractivity contribution in [2.75, 3.05) is 26.2 Å². The summed E-state index contributed by atoms with van der Waals surface area (Å²) in [6.45, 7) is 7.71. The maximum Gasteiger partial charge on any atom is 0.274 e. The molecule has 8 nitrogen and oxygen atoms in total. The van der Waals surface area contributed by atoms with Crippen LogP contribution < -0.4 is 0 Å². The molecule has 4 heterocycles. The van der Waals surface area contributed by atoms with Crippen molar-refractivity contribution in [3.8, 4) is 0 Å². The lowest BCUT2D eigenvalue weighted by Crippen LogP contribution is -2.38. The molecule has 2 aliphatic rings. The van der Waals surface area contributed by atoms with Crippen LogP contribution in [0.5, 0.6) is 0 Å². The number of hydrogen-bond acceptors (Lipinski definition) is 6. The van der Waals surface area contributed by atoms with Gasteiger partial charge in [-0.15, -0.1) is 10.2 Å². The van der Waals surface area contributed by atoms with Crippen molar-refractivity contribution >= 4 is 5.91 Å². The van der Waals surface area contributed by atoms with Gasteiger partial charge in [0.15, 0.2) is 0 Å². The van der Waals surface area contributed by atoms with Gasteiger partial charge in [0.25, 0.3) is 5.91 Å². The fraction of sp³-hybridized carbons (Fsp3) is 0.632. The third-order valence-electron chi connectivity index (χ3n) is 5.67. The van der Waals surface area contributed by atoms with Crippen LogP contribution in [0.3, 0.4) is 0 Å². The first-order chi connectivity index (χ1) is 13.3. The minimum absolute atomic E-state index is 0.0340. The minimum atomic E-state index is -0.0340. The maximum atomic E-state index is 12.5. The van der Waals surface area contributed by atoms with Gasteiger partial charge in [0.2, 0.25) is 0 Å². The quantitative estimate of drug-likeness (QED) is 0.798. The summed E-state index contributed by atoms with van der Waals surface area (Å²) in [5.41, 5.74) is 0.417. The summed E-state index contributed by atoms with van der Waals surface area (Å²) in [4.78, 5) is 25.0. The molecule has 0 bridgehead atoms. The van der Waals surface area contributed by atoms with Crippen molar-refractivity contribution in [1.82, 2.24) is 34.5 Å². The van der Waals surface area contributed by atoms with E-state index in [-0.39, 0.29) is 5.91 Å². The summed E-state index contributed by atoms with van der Waals surface area (Å²) in [5, 5.41) is 9.04. The first-order valence-electron chi connectivity index (χ1n) is 9.96. The van der Waals surface area contributed by atoms with E-state index in [0.29, 0.717) is 11.6 Å². The van der Waals surface area contributed by atoms with Crippen molar-refractivity contribution in [2.24, 2.45) is 0 Å². The highest BCUT2D eigenvalue weighted by Crippen LogP contribution is 2.28. The molecular formula is C19H27N7O. The van der Waals surface area contributed by atoms with Gasteiger partial charge in [0.1, 0.15) is 17.3 Å². The Kier molecular flexibility index (Phi) is 5.42. The molecule has 0 N–H and O–H groups in total. The topological polar surface area (TPSA) is 80.0 Å². The van der Waals surface area contributed by atoms with Crippen LogP contribution in [0.15, 0.2) is 18.6 Å². The first-order valence-corrected chi connectivity index (χ1v) is 9.96. The Balaban J connectivity index is 1.40. The molecule has 27 heavy (non-hydrogen) atoms. The molecule has 2 aromatic heterocycles. The highest BCUT2D eigenvalue weighted by Gasteiger charge is 2.29. The number of carbonyl (C=O) groups is 1. The number of amides is 1. The monoisotopic (exact) mass is 369 g/mol. The number of aromatic nitrogens is 5. The number of piperidine rings is 1. The summed E-state index contributed by atoms with van der Waals surface area (Å²) in [7, 11) is 0. The van der Waals surface area contributed by atoms with Crippen molar-refractivity contribution in [1.29, 1.82) is 0 Å². The van der Waals surface area contributed by atoms with Crippen molar-refractivity contribution in [3.05, 3.63) is 35.9 Å². The maximum absolute atomic E-state index is 12.5. The van der Waals surface area contributed by atoms with E-state index in [1.54, 1.807) is 12.4 Å². The molecule has 2 aliphatic heterocycles. The molecule has 1 amide bonds. The lowest BCUT2D eigenvalue weighted by Gasteiger charge is -2.31. The van der Waals surface area contributed by atoms with Crippen LogP contribution in [0.25, 0.3) is 0 Å². The summed E-state index contributed by atoms with van der Waals surface area (Å²) in [6, 6.07) is 0. The van der Waals surface area contributed by atoms with Gasteiger partial charge < -0.3 is 9.47 Å². The Labute approximate surface area is 159 Å². The highest BCUT2D eigenvalue weighted by atomic mass is 16.2. The highest BCUT2D eigenvalue weighted by molar-refractivity contribution is 5.92. The zero-order valence-corrected chi connectivity index (χ0v) is 15.9. The molecule has 0 radical (unpaired) electrons. The Bertz CT molecular complexity index is 762. The smallest absolute Gasteiger partial charge is 0.274 e. The lowest BCUT2D eigenvalue weighted by molar-refractivity contribution is 0.0703. The van der Waals surface area contributed by atoms with Gasteiger partial charge in [0.05, 0.1) is 12.7 Å². The second-order valence-electron chi connectivity index (χ2n) is 7.36. The van der Waals surface area contributed by atoms with Gasteiger partial charge in [0, 0.05) is 37.9 Å². The summed E-state index contributed by atoms with van der Waals surface area (Å²) >= 11 is 0. The van der Waals surface area contributed by atoms with Gasteiger partial charge >= 0.3 is 0 Å². The fourth-order valence-corrected chi connectivity index (χ4v) is 4.17. The zero-order valence-electron chi connectivity index (χ0n) is 15.9. The van der Waals surface area contributed by atoms with Gasteiger partial charge in [-0.05, 0) is 45.7 Å². The van der Waals surface area contributed by atoms with E-state index in [1.165, 1.54) is 19.0 Å². The fourth-order valence-electron chi connectivity index (χ4n) is 4.17. The van der Waals surface area contributed by atoms with Crippen LogP contribution in [0.2, 0.25) is 0 Å². The number of hydrogen-bond donors (Lipinski definition) is 0. The van der Waals surface area contributed by atoms with Gasteiger partial charge in [-0.25, -0.2) is 4.98 Å². The predicted molar refractivity (Wildman–Crippen MR) is 100 cm³/mol.